The highest BCUT2D eigenvalue weighted by molar-refractivity contribution is 7.89. The summed E-state index contributed by atoms with van der Waals surface area (Å²) in [6, 6.07) is 14.1. The van der Waals surface area contributed by atoms with Crippen LogP contribution in [-0.4, -0.2) is 25.1 Å². The number of rotatable bonds is 5. The van der Waals surface area contributed by atoms with Crippen LogP contribution in [0.1, 0.15) is 17.2 Å². The van der Waals surface area contributed by atoms with Gasteiger partial charge in [-0.15, -0.1) is 0 Å². The number of pyridine rings is 1. The van der Waals surface area contributed by atoms with Gasteiger partial charge in [-0.2, -0.15) is 0 Å². The van der Waals surface area contributed by atoms with Crippen LogP contribution in [0.15, 0.2) is 65.8 Å². The molecular weight excluding hydrogens is 324 g/mol. The highest BCUT2D eigenvalue weighted by atomic mass is 32.2. The Hall–Kier alpha value is -2.28. The number of sulfonamides is 1. The Kier molecular flexibility index (Phi) is 4.62. The van der Waals surface area contributed by atoms with Crippen molar-refractivity contribution in [2.75, 3.05) is 6.54 Å². The fourth-order valence-corrected chi connectivity index (χ4v) is 3.93. The summed E-state index contributed by atoms with van der Waals surface area (Å²) in [5.41, 5.74) is 1.63. The van der Waals surface area contributed by atoms with Gasteiger partial charge in [0.2, 0.25) is 10.0 Å². The molecule has 24 heavy (non-hydrogen) atoms. The lowest BCUT2D eigenvalue weighted by Gasteiger charge is -2.15. The predicted octanol–water partition coefficient (Wildman–Crippen LogP) is 2.56. The third-order valence-electron chi connectivity index (χ3n) is 3.94. The highest BCUT2D eigenvalue weighted by Gasteiger charge is 2.19. The molecule has 0 bridgehead atoms. The second-order valence-electron chi connectivity index (χ2n) is 5.58. The maximum Gasteiger partial charge on any atom is 0.241 e. The first-order chi connectivity index (χ1) is 11.5. The van der Waals surface area contributed by atoms with Gasteiger partial charge in [-0.25, -0.2) is 13.1 Å². The number of aliphatic hydroxyl groups excluding tert-OH is 1. The van der Waals surface area contributed by atoms with Crippen LogP contribution >= 0.6 is 0 Å². The molecule has 0 aliphatic carbocycles. The van der Waals surface area contributed by atoms with Crippen molar-refractivity contribution in [3.8, 4) is 0 Å². The van der Waals surface area contributed by atoms with Crippen molar-refractivity contribution in [2.45, 2.75) is 17.9 Å². The van der Waals surface area contributed by atoms with Crippen LogP contribution in [0.2, 0.25) is 0 Å². The van der Waals surface area contributed by atoms with Crippen LogP contribution in [0, 0.1) is 6.92 Å². The lowest BCUT2D eigenvalue weighted by Crippen LogP contribution is -2.29. The quantitative estimate of drug-likeness (QED) is 0.747. The lowest BCUT2D eigenvalue weighted by molar-refractivity contribution is 0.181. The van der Waals surface area contributed by atoms with Gasteiger partial charge < -0.3 is 5.11 Å². The topological polar surface area (TPSA) is 79.3 Å². The molecule has 1 atom stereocenters. The van der Waals surface area contributed by atoms with Gasteiger partial charge in [0.25, 0.3) is 0 Å². The Morgan fingerprint density at radius 2 is 1.92 bits per heavy atom. The number of hydrogen-bond acceptors (Lipinski definition) is 4. The molecule has 6 heteroatoms. The Balaban J connectivity index is 1.85. The zero-order valence-electron chi connectivity index (χ0n) is 13.2. The minimum absolute atomic E-state index is 0.0886. The molecule has 2 aromatic carbocycles. The van der Waals surface area contributed by atoms with Crippen molar-refractivity contribution in [3.63, 3.8) is 0 Å². The minimum atomic E-state index is -3.74. The second-order valence-corrected chi connectivity index (χ2v) is 7.31. The highest BCUT2D eigenvalue weighted by Crippen LogP contribution is 2.23. The molecule has 2 N–H and O–H groups in total. The smallest absolute Gasteiger partial charge is 0.241 e. The molecule has 5 nitrogen and oxygen atoms in total. The summed E-state index contributed by atoms with van der Waals surface area (Å²) in [5, 5.41) is 11.6. The first-order valence-electron chi connectivity index (χ1n) is 7.55. The molecule has 0 radical (unpaired) electrons. The van der Waals surface area contributed by atoms with Crippen LogP contribution in [0.25, 0.3) is 10.8 Å². The van der Waals surface area contributed by atoms with E-state index in [2.05, 4.69) is 9.71 Å². The summed E-state index contributed by atoms with van der Waals surface area (Å²) in [6.45, 7) is 1.79. The molecule has 0 spiro atoms. The van der Waals surface area contributed by atoms with Crippen LogP contribution in [-0.2, 0) is 10.0 Å². The number of aryl methyl sites for hydroxylation is 1. The molecule has 0 amide bonds. The molecule has 124 valence electrons. The maximum absolute atomic E-state index is 12.6. The van der Waals surface area contributed by atoms with Crippen molar-refractivity contribution in [1.29, 1.82) is 0 Å². The molecule has 0 fully saturated rings. The van der Waals surface area contributed by atoms with Crippen molar-refractivity contribution < 1.29 is 13.5 Å². The van der Waals surface area contributed by atoms with Gasteiger partial charge in [0.1, 0.15) is 0 Å². The van der Waals surface area contributed by atoms with Gasteiger partial charge >= 0.3 is 0 Å². The van der Waals surface area contributed by atoms with Crippen molar-refractivity contribution in [1.82, 2.24) is 9.71 Å². The number of fused-ring (bicyclic) bond motifs is 1. The standard InChI is InChI=1S/C18H18N2O3S/c1-13-5-2-3-7-15(13)17(21)12-20-24(22,23)18-8-4-6-14-11-19-10-9-16(14)18/h2-11,17,20-21H,12H2,1H3/t17-/m1/s1. The minimum Gasteiger partial charge on any atom is -0.387 e. The molecule has 0 aliphatic rings. The van der Waals surface area contributed by atoms with Gasteiger partial charge in [0.15, 0.2) is 0 Å². The summed E-state index contributed by atoms with van der Waals surface area (Å²) >= 11 is 0. The van der Waals surface area contributed by atoms with E-state index in [0.717, 1.165) is 10.9 Å². The number of aromatic nitrogens is 1. The fraction of sp³-hybridized carbons (Fsp3) is 0.167. The number of nitrogens with zero attached hydrogens (tertiary/aromatic N) is 1. The number of benzene rings is 2. The van der Waals surface area contributed by atoms with Crippen LogP contribution < -0.4 is 4.72 Å². The van der Waals surface area contributed by atoms with E-state index in [1.165, 1.54) is 0 Å². The van der Waals surface area contributed by atoms with Gasteiger partial charge in [0.05, 0.1) is 11.0 Å². The zero-order valence-corrected chi connectivity index (χ0v) is 14.0. The molecule has 1 heterocycles. The average Bonchev–Trinajstić information content (AvgIpc) is 2.59. The van der Waals surface area contributed by atoms with Gasteiger partial charge in [-0.05, 0) is 30.2 Å². The van der Waals surface area contributed by atoms with Crippen LogP contribution in [0.3, 0.4) is 0 Å². The summed E-state index contributed by atoms with van der Waals surface area (Å²) in [7, 11) is -3.74. The van der Waals surface area contributed by atoms with Gasteiger partial charge in [0, 0.05) is 29.7 Å². The van der Waals surface area contributed by atoms with Crippen molar-refractivity contribution >= 4 is 20.8 Å². The molecule has 0 unspecified atom stereocenters. The SMILES string of the molecule is Cc1ccccc1[C@H](O)CNS(=O)(=O)c1cccc2cnccc12. The van der Waals surface area contributed by atoms with Gasteiger partial charge in [-0.3, -0.25) is 4.98 Å². The first kappa shape index (κ1) is 16.6. The molecule has 3 aromatic rings. The molecular formula is C18H18N2O3S. The number of hydrogen-bond donors (Lipinski definition) is 2. The van der Waals surface area contributed by atoms with Crippen LogP contribution in [0.4, 0.5) is 0 Å². The lowest BCUT2D eigenvalue weighted by atomic mass is 10.0. The van der Waals surface area contributed by atoms with Crippen LogP contribution in [0.5, 0.6) is 0 Å². The zero-order chi connectivity index (χ0) is 17.2. The van der Waals surface area contributed by atoms with E-state index in [0.29, 0.717) is 10.9 Å². The normalized spacial score (nSPS) is 13.1. The van der Waals surface area contributed by atoms with E-state index in [4.69, 9.17) is 0 Å². The molecule has 0 aliphatic heterocycles. The summed E-state index contributed by atoms with van der Waals surface area (Å²) in [5.74, 6) is 0. The van der Waals surface area contributed by atoms with E-state index in [1.54, 1.807) is 36.7 Å². The molecule has 0 saturated heterocycles. The third-order valence-corrected chi connectivity index (χ3v) is 5.43. The molecule has 0 saturated carbocycles. The van der Waals surface area contributed by atoms with E-state index in [-0.39, 0.29) is 11.4 Å². The van der Waals surface area contributed by atoms with Crippen molar-refractivity contribution in [3.05, 3.63) is 72.1 Å². The summed E-state index contributed by atoms with van der Waals surface area (Å²) in [4.78, 5) is 4.18. The monoisotopic (exact) mass is 342 g/mol. The average molecular weight is 342 g/mol. The first-order valence-corrected chi connectivity index (χ1v) is 9.03. The summed E-state index contributed by atoms with van der Waals surface area (Å²) < 4.78 is 27.7. The Morgan fingerprint density at radius 3 is 2.71 bits per heavy atom. The fourth-order valence-electron chi connectivity index (χ4n) is 2.66. The number of nitrogens with one attached hydrogen (secondary N) is 1. The largest absolute Gasteiger partial charge is 0.387 e. The van der Waals surface area contributed by atoms with E-state index in [9.17, 15) is 13.5 Å². The van der Waals surface area contributed by atoms with Crippen molar-refractivity contribution in [2.24, 2.45) is 0 Å². The van der Waals surface area contributed by atoms with E-state index >= 15 is 0 Å². The Labute approximate surface area is 141 Å². The Morgan fingerprint density at radius 1 is 1.12 bits per heavy atom. The van der Waals surface area contributed by atoms with E-state index in [1.807, 2.05) is 31.2 Å². The summed E-state index contributed by atoms with van der Waals surface area (Å²) in [6.07, 6.45) is 2.28. The number of aliphatic hydroxyl groups is 1. The second kappa shape index (κ2) is 6.68. The maximum atomic E-state index is 12.6. The predicted molar refractivity (Wildman–Crippen MR) is 93.1 cm³/mol. The Bertz CT molecular complexity index is 965. The third kappa shape index (κ3) is 3.31. The molecule has 3 rings (SSSR count). The van der Waals surface area contributed by atoms with E-state index < -0.39 is 16.1 Å². The van der Waals surface area contributed by atoms with Gasteiger partial charge in [-0.1, -0.05) is 36.4 Å². The molecule has 1 aromatic heterocycles.